The number of pyridine rings is 1. The van der Waals surface area contributed by atoms with Crippen molar-refractivity contribution >= 4 is 22.6 Å². The van der Waals surface area contributed by atoms with Gasteiger partial charge in [-0.1, -0.05) is 32.3 Å². The predicted molar refractivity (Wildman–Crippen MR) is 121 cm³/mol. The average molecular weight is 460 g/mol. The van der Waals surface area contributed by atoms with Gasteiger partial charge in [0.15, 0.2) is 0 Å². The molecule has 33 heavy (non-hydrogen) atoms. The fourth-order valence-corrected chi connectivity index (χ4v) is 5.01. The van der Waals surface area contributed by atoms with E-state index in [0.29, 0.717) is 29.2 Å². The summed E-state index contributed by atoms with van der Waals surface area (Å²) in [6.45, 7) is 6.87. The third-order valence-corrected chi connectivity index (χ3v) is 6.83. The highest BCUT2D eigenvalue weighted by molar-refractivity contribution is 5.90. The zero-order valence-corrected chi connectivity index (χ0v) is 19.2. The summed E-state index contributed by atoms with van der Waals surface area (Å²) in [6, 6.07) is 5.72. The Hall–Kier alpha value is -2.84. The summed E-state index contributed by atoms with van der Waals surface area (Å²) in [6.07, 6.45) is 0.449. The fourth-order valence-electron chi connectivity index (χ4n) is 5.01. The van der Waals surface area contributed by atoms with Gasteiger partial charge < -0.3 is 15.1 Å². The van der Waals surface area contributed by atoms with Gasteiger partial charge in [-0.05, 0) is 66.8 Å². The Bertz CT molecular complexity index is 1210. The lowest BCUT2D eigenvalue weighted by atomic mass is 9.84. The molecule has 6 nitrogen and oxygen atoms in total. The summed E-state index contributed by atoms with van der Waals surface area (Å²) in [5, 5.41) is 15.1. The van der Waals surface area contributed by atoms with E-state index in [2.05, 4.69) is 20.8 Å². The Morgan fingerprint density at radius 2 is 1.94 bits per heavy atom. The molecule has 2 saturated carbocycles. The number of halogens is 3. The minimum Gasteiger partial charge on any atom is -0.402 e. The molecular weight excluding hydrogens is 431 g/mol. The highest BCUT2D eigenvalue weighted by atomic mass is 19.4. The number of benzene rings is 1. The molecule has 2 aromatic heterocycles. The van der Waals surface area contributed by atoms with E-state index in [4.69, 9.17) is 9.40 Å². The van der Waals surface area contributed by atoms with Gasteiger partial charge in [-0.3, -0.25) is 0 Å². The van der Waals surface area contributed by atoms with Crippen LogP contribution in [0.2, 0.25) is 0 Å². The van der Waals surface area contributed by atoms with Crippen molar-refractivity contribution in [3.63, 3.8) is 0 Å². The van der Waals surface area contributed by atoms with Gasteiger partial charge in [0.1, 0.15) is 12.2 Å². The predicted octanol–water partition coefficient (Wildman–Crippen LogP) is 6.22. The molecule has 5 rings (SSSR count). The third-order valence-electron chi connectivity index (χ3n) is 6.83. The molecule has 176 valence electrons. The molecule has 0 bridgehead atoms. The number of hydrogen-bond acceptors (Lipinski definition) is 6. The smallest absolute Gasteiger partial charge is 0.402 e. The van der Waals surface area contributed by atoms with Crippen LogP contribution in [-0.2, 0) is 5.41 Å². The Kier molecular flexibility index (Phi) is 4.88. The van der Waals surface area contributed by atoms with Gasteiger partial charge in [0.25, 0.3) is 5.89 Å². The number of rotatable bonds is 5. The van der Waals surface area contributed by atoms with E-state index < -0.39 is 12.7 Å². The van der Waals surface area contributed by atoms with Crippen LogP contribution in [0, 0.1) is 12.8 Å². The lowest BCUT2D eigenvalue weighted by molar-refractivity contribution is -0.115. The Morgan fingerprint density at radius 1 is 1.15 bits per heavy atom. The number of alkyl halides is 3. The summed E-state index contributed by atoms with van der Waals surface area (Å²) in [5.74, 6) is 1.02. The summed E-state index contributed by atoms with van der Waals surface area (Å²) in [7, 11) is 0. The highest BCUT2D eigenvalue weighted by Crippen LogP contribution is 2.57. The monoisotopic (exact) mass is 459 g/mol. The van der Waals surface area contributed by atoms with Crippen LogP contribution in [0.5, 0.6) is 0 Å². The van der Waals surface area contributed by atoms with E-state index in [0.717, 1.165) is 34.9 Å². The highest BCUT2D eigenvalue weighted by Gasteiger charge is 2.57. The molecule has 0 radical (unpaired) electrons. The first-order chi connectivity index (χ1) is 15.4. The molecule has 0 saturated heterocycles. The van der Waals surface area contributed by atoms with Gasteiger partial charge in [-0.15, -0.1) is 5.10 Å². The maximum absolute atomic E-state index is 12.8. The third kappa shape index (κ3) is 4.25. The average Bonchev–Trinajstić information content (AvgIpc) is 3.03. The van der Waals surface area contributed by atoms with E-state index in [-0.39, 0.29) is 11.0 Å². The number of nitrogens with zero attached hydrogens (tertiary/aromatic N) is 3. The molecule has 2 aliphatic rings. The molecule has 2 aliphatic carbocycles. The Labute approximate surface area is 190 Å². The second kappa shape index (κ2) is 7.33. The second-order valence-electron chi connectivity index (χ2n) is 10.4. The largest absolute Gasteiger partial charge is 0.405 e. The molecule has 2 fully saturated rings. The molecule has 2 heterocycles. The number of nitrogens with one attached hydrogen (secondary N) is 2. The van der Waals surface area contributed by atoms with Crippen LogP contribution in [0.3, 0.4) is 0 Å². The molecular formula is C24H28F3N5O. The van der Waals surface area contributed by atoms with Crippen molar-refractivity contribution in [2.24, 2.45) is 5.92 Å². The van der Waals surface area contributed by atoms with E-state index in [1.807, 2.05) is 33.8 Å². The molecule has 0 amide bonds. The normalized spacial score (nSPS) is 22.5. The molecule has 2 N–H and O–H groups in total. The van der Waals surface area contributed by atoms with Crippen molar-refractivity contribution in [2.45, 2.75) is 70.5 Å². The summed E-state index contributed by atoms with van der Waals surface area (Å²) in [5.41, 5.74) is 3.20. The number of anilines is 2. The maximum Gasteiger partial charge on any atom is 0.405 e. The van der Waals surface area contributed by atoms with E-state index in [1.165, 1.54) is 12.8 Å². The molecule has 1 aromatic carbocycles. The first-order valence-electron chi connectivity index (χ1n) is 11.3. The van der Waals surface area contributed by atoms with E-state index >= 15 is 0 Å². The van der Waals surface area contributed by atoms with E-state index in [9.17, 15) is 13.2 Å². The zero-order chi connectivity index (χ0) is 23.6. The molecule has 0 aliphatic heterocycles. The van der Waals surface area contributed by atoms with Gasteiger partial charge >= 0.3 is 12.2 Å². The van der Waals surface area contributed by atoms with Crippen molar-refractivity contribution in [2.75, 3.05) is 17.2 Å². The molecule has 9 heteroatoms. The fraction of sp³-hybridized carbons (Fsp3) is 0.542. The van der Waals surface area contributed by atoms with Crippen LogP contribution < -0.4 is 10.6 Å². The molecule has 2 atom stereocenters. The molecule has 0 spiro atoms. The Balaban J connectivity index is 1.51. The first kappa shape index (κ1) is 22.0. The van der Waals surface area contributed by atoms with Crippen molar-refractivity contribution < 1.29 is 17.6 Å². The van der Waals surface area contributed by atoms with Gasteiger partial charge in [0, 0.05) is 16.6 Å². The minimum absolute atomic E-state index is 0.121. The SMILES string of the molecule is Cc1cc(-c2nnc(N[C@@]34CCCC3C4)o2)nc2c(C(C)(C)C)cc(NCC(F)(F)F)cc12. The van der Waals surface area contributed by atoms with Crippen molar-refractivity contribution in [1.29, 1.82) is 0 Å². The van der Waals surface area contributed by atoms with Gasteiger partial charge in [0.2, 0.25) is 0 Å². The van der Waals surface area contributed by atoms with Crippen LogP contribution >= 0.6 is 0 Å². The molecule has 3 aromatic rings. The number of fused-ring (bicyclic) bond motifs is 2. The van der Waals surface area contributed by atoms with Gasteiger partial charge in [-0.2, -0.15) is 13.2 Å². The van der Waals surface area contributed by atoms with Crippen LogP contribution in [0.4, 0.5) is 24.9 Å². The van der Waals surface area contributed by atoms with Crippen LogP contribution in [0.1, 0.15) is 57.6 Å². The lowest BCUT2D eigenvalue weighted by Gasteiger charge is -2.23. The van der Waals surface area contributed by atoms with Gasteiger partial charge in [-0.25, -0.2) is 4.98 Å². The molecule has 1 unspecified atom stereocenters. The standard InChI is InChI=1S/C24H28F3N5O/c1-13-8-18(20-31-32-21(33-20)30-23-7-5-6-14(23)11-23)29-19-16(13)9-15(28-12-24(25,26)27)10-17(19)22(2,3)4/h8-10,14,28H,5-7,11-12H2,1-4H3,(H,30,32)/t14?,23-/m1/s1. The summed E-state index contributed by atoms with van der Waals surface area (Å²) in [4.78, 5) is 4.82. The van der Waals surface area contributed by atoms with Crippen molar-refractivity contribution in [1.82, 2.24) is 15.2 Å². The van der Waals surface area contributed by atoms with E-state index in [1.54, 1.807) is 12.1 Å². The van der Waals surface area contributed by atoms with Gasteiger partial charge in [0.05, 0.1) is 5.52 Å². The summed E-state index contributed by atoms with van der Waals surface area (Å²) >= 11 is 0. The van der Waals surface area contributed by atoms with Crippen LogP contribution in [0.25, 0.3) is 22.5 Å². The van der Waals surface area contributed by atoms with Crippen LogP contribution in [0.15, 0.2) is 22.6 Å². The number of aromatic nitrogens is 3. The van der Waals surface area contributed by atoms with Crippen molar-refractivity contribution in [3.8, 4) is 11.6 Å². The number of aryl methyl sites for hydroxylation is 1. The topological polar surface area (TPSA) is 75.9 Å². The lowest BCUT2D eigenvalue weighted by Crippen LogP contribution is -2.22. The van der Waals surface area contributed by atoms with Crippen molar-refractivity contribution in [3.05, 3.63) is 29.3 Å². The first-order valence-corrected chi connectivity index (χ1v) is 11.3. The summed E-state index contributed by atoms with van der Waals surface area (Å²) < 4.78 is 44.2. The zero-order valence-electron chi connectivity index (χ0n) is 19.2. The number of hydrogen-bond donors (Lipinski definition) is 2. The van der Waals surface area contributed by atoms with Crippen LogP contribution in [-0.4, -0.2) is 33.4 Å². The minimum atomic E-state index is -4.30. The maximum atomic E-state index is 12.8. The quantitative estimate of drug-likeness (QED) is 0.472. The Morgan fingerprint density at radius 3 is 2.58 bits per heavy atom. The second-order valence-corrected chi connectivity index (χ2v) is 10.4.